The topological polar surface area (TPSA) is 18.5 Å². The molecule has 0 bridgehead atoms. The van der Waals surface area contributed by atoms with E-state index in [-0.39, 0.29) is 11.2 Å². The van der Waals surface area contributed by atoms with Crippen LogP contribution in [0.2, 0.25) is 18.8 Å². The van der Waals surface area contributed by atoms with Crippen molar-refractivity contribution in [3.05, 3.63) is 60.7 Å². The fourth-order valence-electron chi connectivity index (χ4n) is 3.93. The van der Waals surface area contributed by atoms with Crippen molar-refractivity contribution in [3.63, 3.8) is 0 Å². The van der Waals surface area contributed by atoms with Crippen LogP contribution in [0.25, 0.3) is 0 Å². The molecule has 4 heteroatoms. The molecule has 0 aromatic heterocycles. The summed E-state index contributed by atoms with van der Waals surface area (Å²) in [5, 5.41) is 2.65. The molecule has 0 spiro atoms. The van der Waals surface area contributed by atoms with Gasteiger partial charge >= 0.3 is 0 Å². The molecule has 2 aromatic carbocycles. The maximum absolute atomic E-state index is 7.04. The summed E-state index contributed by atoms with van der Waals surface area (Å²) in [6, 6.07) is 21.7. The predicted molar refractivity (Wildman–Crippen MR) is 122 cm³/mol. The Morgan fingerprint density at radius 1 is 0.630 bits per heavy atom. The van der Waals surface area contributed by atoms with Crippen LogP contribution in [0.15, 0.2) is 60.7 Å². The van der Waals surface area contributed by atoms with E-state index in [2.05, 4.69) is 115 Å². The first-order chi connectivity index (χ1) is 12.3. The molecule has 2 rings (SSSR count). The van der Waals surface area contributed by atoms with Crippen LogP contribution in [0, 0.1) is 0 Å². The molecule has 2 aromatic rings. The Kier molecular flexibility index (Phi) is 6.57. The van der Waals surface area contributed by atoms with Crippen molar-refractivity contribution in [3.8, 4) is 0 Å². The predicted octanol–water partition coefficient (Wildman–Crippen LogP) is 5.12. The van der Waals surface area contributed by atoms with E-state index in [1.54, 1.807) is 0 Å². The van der Waals surface area contributed by atoms with Crippen molar-refractivity contribution in [2.24, 2.45) is 0 Å². The normalized spacial score (nSPS) is 13.6. The van der Waals surface area contributed by atoms with E-state index in [4.69, 9.17) is 8.85 Å². The molecule has 0 saturated heterocycles. The molecule has 0 aliphatic rings. The Morgan fingerprint density at radius 3 is 1.33 bits per heavy atom. The second kappa shape index (κ2) is 8.04. The largest absolute Gasteiger partial charge is 0.413 e. The lowest BCUT2D eigenvalue weighted by atomic mass is 10.2. The van der Waals surface area contributed by atoms with Gasteiger partial charge in [0.1, 0.15) is 0 Å². The van der Waals surface area contributed by atoms with Crippen LogP contribution >= 0.6 is 0 Å². The van der Waals surface area contributed by atoms with Gasteiger partial charge in [-0.2, -0.15) is 0 Å². The summed E-state index contributed by atoms with van der Waals surface area (Å²) in [6.45, 7) is 17.6. The van der Waals surface area contributed by atoms with Crippen molar-refractivity contribution in [1.29, 1.82) is 0 Å². The Hall–Kier alpha value is -1.21. The van der Waals surface area contributed by atoms with Crippen molar-refractivity contribution in [2.45, 2.75) is 71.5 Å². The number of benzene rings is 2. The molecule has 0 aliphatic carbocycles. The zero-order valence-electron chi connectivity index (χ0n) is 18.3. The zero-order chi connectivity index (χ0) is 20.3. The van der Waals surface area contributed by atoms with E-state index >= 15 is 0 Å². The summed E-state index contributed by atoms with van der Waals surface area (Å²) in [4.78, 5) is 0. The van der Waals surface area contributed by atoms with E-state index < -0.39 is 16.6 Å². The number of hydrogen-bond donors (Lipinski definition) is 0. The summed E-state index contributed by atoms with van der Waals surface area (Å²) < 4.78 is 13.7. The second-order valence-corrected chi connectivity index (χ2v) is 18.1. The quantitative estimate of drug-likeness (QED) is 0.627. The van der Waals surface area contributed by atoms with Crippen LogP contribution in [-0.4, -0.2) is 27.8 Å². The average Bonchev–Trinajstić information content (AvgIpc) is 2.52. The zero-order valence-corrected chi connectivity index (χ0v) is 20.3. The monoisotopic (exact) mass is 400 g/mol. The SMILES string of the molecule is CC(C)(C)O[Si](C)(C)C[Si](OC(C)(C)C)(c1ccccc1)c1ccccc1. The molecule has 0 N–H and O–H groups in total. The maximum atomic E-state index is 7.04. The molecule has 0 aliphatic heterocycles. The van der Waals surface area contributed by atoms with Gasteiger partial charge in [0.15, 0.2) is 8.32 Å². The van der Waals surface area contributed by atoms with Gasteiger partial charge in [-0.25, -0.2) is 0 Å². The van der Waals surface area contributed by atoms with Gasteiger partial charge in [0.05, 0.1) is 0 Å². The summed E-state index contributed by atoms with van der Waals surface area (Å²) >= 11 is 0. The molecule has 0 radical (unpaired) electrons. The third-order valence-corrected chi connectivity index (χ3v) is 14.3. The van der Waals surface area contributed by atoms with Gasteiger partial charge in [0.2, 0.25) is 0 Å². The lowest BCUT2D eigenvalue weighted by molar-refractivity contribution is 0.115. The summed E-state index contributed by atoms with van der Waals surface area (Å²) in [5.41, 5.74) is 0.609. The Balaban J connectivity index is 2.65. The van der Waals surface area contributed by atoms with Crippen LogP contribution < -0.4 is 10.4 Å². The minimum absolute atomic E-state index is 0.148. The Morgan fingerprint density at radius 2 is 1.00 bits per heavy atom. The molecule has 148 valence electrons. The fraction of sp³-hybridized carbons (Fsp3) is 0.478. The summed E-state index contributed by atoms with van der Waals surface area (Å²) in [5.74, 6) is 0. The third kappa shape index (κ3) is 6.42. The Labute approximate surface area is 168 Å². The van der Waals surface area contributed by atoms with Gasteiger partial charge < -0.3 is 8.85 Å². The molecule has 2 nitrogen and oxygen atoms in total. The van der Waals surface area contributed by atoms with E-state index in [1.165, 1.54) is 10.4 Å². The first-order valence-corrected chi connectivity index (χ1v) is 15.1. The van der Waals surface area contributed by atoms with Gasteiger partial charge in [-0.1, -0.05) is 60.7 Å². The second-order valence-electron chi connectivity index (χ2n) is 9.92. The van der Waals surface area contributed by atoms with Gasteiger partial charge in [-0.3, -0.25) is 0 Å². The maximum Gasteiger partial charge on any atom is 0.256 e. The smallest absolute Gasteiger partial charge is 0.256 e. The lowest BCUT2D eigenvalue weighted by Gasteiger charge is -2.43. The van der Waals surface area contributed by atoms with Gasteiger partial charge in [0.25, 0.3) is 8.32 Å². The lowest BCUT2D eigenvalue weighted by Crippen LogP contribution is -2.67. The fourth-order valence-corrected chi connectivity index (χ4v) is 15.7. The standard InChI is InChI=1S/C23H36O2Si2/c1-22(2,3)24-26(7,8)19-27(25-23(4,5)6,20-15-11-9-12-16-20)21-17-13-10-14-18-21/h9-18H,19H2,1-8H3. The highest BCUT2D eigenvalue weighted by Gasteiger charge is 2.48. The van der Waals surface area contributed by atoms with Gasteiger partial charge in [-0.05, 0) is 70.7 Å². The van der Waals surface area contributed by atoms with Crippen LogP contribution in [0.4, 0.5) is 0 Å². The number of hydrogen-bond acceptors (Lipinski definition) is 2. The average molecular weight is 401 g/mol. The molecule has 27 heavy (non-hydrogen) atoms. The van der Waals surface area contributed by atoms with E-state index in [1.807, 2.05) is 0 Å². The molecule has 0 saturated carbocycles. The highest BCUT2D eigenvalue weighted by atomic mass is 28.4. The molecule has 0 unspecified atom stereocenters. The van der Waals surface area contributed by atoms with Crippen LogP contribution in [0.3, 0.4) is 0 Å². The van der Waals surface area contributed by atoms with Gasteiger partial charge in [-0.15, -0.1) is 0 Å². The van der Waals surface area contributed by atoms with E-state index in [9.17, 15) is 0 Å². The van der Waals surface area contributed by atoms with Crippen molar-refractivity contribution >= 4 is 27.0 Å². The van der Waals surface area contributed by atoms with Crippen molar-refractivity contribution < 1.29 is 8.85 Å². The van der Waals surface area contributed by atoms with Crippen molar-refractivity contribution in [1.82, 2.24) is 0 Å². The Bertz CT molecular complexity index is 674. The molecule has 0 heterocycles. The first-order valence-electron chi connectivity index (χ1n) is 9.84. The summed E-state index contributed by atoms with van der Waals surface area (Å²) in [7, 11) is -4.48. The first kappa shape index (κ1) is 22.1. The molecule has 0 atom stereocenters. The minimum atomic E-state index is -2.48. The van der Waals surface area contributed by atoms with E-state index in [0.29, 0.717) is 0 Å². The molecular weight excluding hydrogens is 364 g/mol. The summed E-state index contributed by atoms with van der Waals surface area (Å²) in [6.07, 6.45) is 0. The number of rotatable bonds is 6. The highest BCUT2D eigenvalue weighted by molar-refractivity contribution is 7.05. The van der Waals surface area contributed by atoms with Crippen molar-refractivity contribution in [2.75, 3.05) is 0 Å². The van der Waals surface area contributed by atoms with Crippen LogP contribution in [0.5, 0.6) is 0 Å². The molecule has 0 fully saturated rings. The highest BCUT2D eigenvalue weighted by Crippen LogP contribution is 2.29. The van der Waals surface area contributed by atoms with Gasteiger partial charge in [0, 0.05) is 11.2 Å². The minimum Gasteiger partial charge on any atom is -0.413 e. The van der Waals surface area contributed by atoms with Crippen LogP contribution in [0.1, 0.15) is 41.5 Å². The van der Waals surface area contributed by atoms with Crippen LogP contribution in [-0.2, 0) is 8.85 Å². The molecular formula is C23H36O2Si2. The third-order valence-electron chi connectivity index (χ3n) is 4.22. The molecule has 0 amide bonds. The van der Waals surface area contributed by atoms with E-state index in [0.717, 1.165) is 5.67 Å².